The van der Waals surface area contributed by atoms with Gasteiger partial charge in [0.1, 0.15) is 36.6 Å². The highest BCUT2D eigenvalue weighted by Crippen LogP contribution is 2.29. The molecule has 0 bridgehead atoms. The summed E-state index contributed by atoms with van der Waals surface area (Å²) in [5.74, 6) is 0. The van der Waals surface area contributed by atoms with Crippen LogP contribution in [0.2, 0.25) is 0 Å². The molecule has 35 heavy (non-hydrogen) atoms. The van der Waals surface area contributed by atoms with Crippen LogP contribution in [-0.2, 0) is 57.4 Å². The molecule has 10 atom stereocenters. The van der Waals surface area contributed by atoms with Crippen molar-refractivity contribution in [3.05, 3.63) is 0 Å². The molecule has 0 amide bonds. The lowest BCUT2D eigenvalue weighted by atomic mass is 9.99. The smallest absolute Gasteiger partial charge is 0.394 e. The zero-order valence-corrected chi connectivity index (χ0v) is 19.3. The summed E-state index contributed by atoms with van der Waals surface area (Å²) in [7, 11) is -15.9. The van der Waals surface area contributed by atoms with Crippen LogP contribution in [0.15, 0.2) is 0 Å². The van der Waals surface area contributed by atoms with Crippen LogP contribution in [0.25, 0.3) is 0 Å². The Bertz CT molecular complexity index is 1030. The van der Waals surface area contributed by atoms with Gasteiger partial charge in [-0.2, -0.15) is 25.3 Å². The Kier molecular flexibility index (Phi) is 9.90. The number of hydrogen-bond acceptors (Lipinski definition) is 18. The molecule has 0 saturated carbocycles. The van der Waals surface area contributed by atoms with Crippen molar-refractivity contribution in [1.82, 2.24) is 0 Å². The van der Waals surface area contributed by atoms with Gasteiger partial charge in [-0.1, -0.05) is 0 Å². The highest BCUT2D eigenvalue weighted by atomic mass is 32.3. The van der Waals surface area contributed by atoms with E-state index in [9.17, 15) is 50.8 Å². The third kappa shape index (κ3) is 8.40. The Labute approximate surface area is 197 Å². The van der Waals surface area contributed by atoms with E-state index in [0.29, 0.717) is 0 Å². The second kappa shape index (κ2) is 11.4. The van der Waals surface area contributed by atoms with Crippen molar-refractivity contribution in [2.45, 2.75) is 61.4 Å². The van der Waals surface area contributed by atoms with Crippen LogP contribution in [0.1, 0.15) is 0 Å². The van der Waals surface area contributed by atoms with Crippen molar-refractivity contribution in [2.75, 3.05) is 13.2 Å². The number of hydrogen-bond donors (Lipinski definition) is 8. The van der Waals surface area contributed by atoms with Gasteiger partial charge in [-0.05, 0) is 0 Å². The lowest BCUT2D eigenvalue weighted by molar-refractivity contribution is -0.285. The number of aliphatic hydroxyl groups excluding tert-OH is 6. The van der Waals surface area contributed by atoms with Crippen LogP contribution in [-0.4, -0.2) is 140 Å². The molecule has 0 radical (unpaired) electrons. The van der Waals surface area contributed by atoms with Gasteiger partial charge in [0, 0.05) is 0 Å². The van der Waals surface area contributed by atoms with E-state index in [-0.39, 0.29) is 0 Å². The summed E-state index contributed by atoms with van der Waals surface area (Å²) in [5, 5.41) is 59.0. The molecule has 2 aliphatic rings. The summed E-state index contributed by atoms with van der Waals surface area (Å²) in [5.41, 5.74) is 0. The van der Waals surface area contributed by atoms with Crippen LogP contribution >= 0.6 is 0 Å². The fraction of sp³-hybridized carbons (Fsp3) is 1.00. The van der Waals surface area contributed by atoms with Crippen molar-refractivity contribution in [1.29, 1.82) is 0 Å². The SMILES string of the molecule is O=S(=O)(O)OC[C@H]1O[C@H](O)[C@H](OS(=O)(=O)O[C@H]2[C@H](OS(=O)(=O)O)O[C@H](CO)[C@H](O)[C@@H]2O)[C@@H](O)[C@H]1O. The fourth-order valence-electron chi connectivity index (χ4n) is 2.97. The van der Waals surface area contributed by atoms with Crippen molar-refractivity contribution >= 4 is 31.2 Å². The molecule has 0 aromatic rings. The number of ether oxygens (including phenoxy) is 2. The second-order valence-corrected chi connectivity index (χ2v) is 10.4. The van der Waals surface area contributed by atoms with Gasteiger partial charge in [0.15, 0.2) is 18.5 Å². The molecule has 0 aliphatic carbocycles. The summed E-state index contributed by atoms with van der Waals surface area (Å²) in [4.78, 5) is 0. The first-order valence-electron chi connectivity index (χ1n) is 9.06. The summed E-state index contributed by atoms with van der Waals surface area (Å²) in [6.07, 6.45) is -22.3. The maximum atomic E-state index is 12.3. The molecular formula is C12H22O20S3. The molecule has 20 nitrogen and oxygen atoms in total. The average molecular weight is 582 g/mol. The Morgan fingerprint density at radius 3 is 1.69 bits per heavy atom. The summed E-state index contributed by atoms with van der Waals surface area (Å²) in [6, 6.07) is 0. The minimum atomic E-state index is -5.54. The monoisotopic (exact) mass is 582 g/mol. The predicted octanol–water partition coefficient (Wildman–Crippen LogP) is -6.48. The van der Waals surface area contributed by atoms with Crippen LogP contribution in [0.5, 0.6) is 0 Å². The second-order valence-electron chi connectivity index (χ2n) is 7.02. The Morgan fingerprint density at radius 2 is 1.17 bits per heavy atom. The molecule has 0 unspecified atom stereocenters. The molecular weight excluding hydrogens is 560 g/mol. The topological polar surface area (TPSA) is 320 Å². The van der Waals surface area contributed by atoms with E-state index in [4.69, 9.17) is 18.9 Å². The maximum Gasteiger partial charge on any atom is 0.400 e. The summed E-state index contributed by atoms with van der Waals surface area (Å²) >= 11 is 0. The zero-order chi connectivity index (χ0) is 26.9. The van der Waals surface area contributed by atoms with Gasteiger partial charge in [0.25, 0.3) is 0 Å². The van der Waals surface area contributed by atoms with Crippen LogP contribution in [0.4, 0.5) is 0 Å². The molecule has 0 aromatic heterocycles. The van der Waals surface area contributed by atoms with E-state index in [1.54, 1.807) is 0 Å². The lowest BCUT2D eigenvalue weighted by Crippen LogP contribution is -2.62. The molecule has 2 saturated heterocycles. The summed E-state index contributed by atoms with van der Waals surface area (Å²) in [6.45, 7) is -2.16. The lowest BCUT2D eigenvalue weighted by Gasteiger charge is -2.41. The molecule has 0 aromatic carbocycles. The molecule has 2 heterocycles. The van der Waals surface area contributed by atoms with Gasteiger partial charge in [0.2, 0.25) is 6.29 Å². The van der Waals surface area contributed by atoms with Crippen LogP contribution in [0, 0.1) is 0 Å². The normalized spacial score (nSPS) is 39.4. The Hall–Kier alpha value is -0.710. The van der Waals surface area contributed by atoms with E-state index >= 15 is 0 Å². The van der Waals surface area contributed by atoms with Crippen molar-refractivity contribution in [3.8, 4) is 0 Å². The van der Waals surface area contributed by atoms with E-state index in [2.05, 4.69) is 21.5 Å². The average Bonchev–Trinajstić information content (AvgIpc) is 2.70. The van der Waals surface area contributed by atoms with E-state index in [1.165, 1.54) is 0 Å². The molecule has 2 aliphatic heterocycles. The van der Waals surface area contributed by atoms with Gasteiger partial charge < -0.3 is 40.1 Å². The fourth-order valence-corrected chi connectivity index (χ4v) is 4.67. The van der Waals surface area contributed by atoms with Gasteiger partial charge in [-0.3, -0.25) is 9.11 Å². The number of aliphatic hydroxyl groups is 6. The highest BCUT2D eigenvalue weighted by molar-refractivity contribution is 7.82. The Balaban J connectivity index is 2.18. The molecule has 8 N–H and O–H groups in total. The largest absolute Gasteiger partial charge is 0.400 e. The molecule has 2 rings (SSSR count). The van der Waals surface area contributed by atoms with E-state index in [0.717, 1.165) is 0 Å². The van der Waals surface area contributed by atoms with Gasteiger partial charge >= 0.3 is 31.2 Å². The number of rotatable bonds is 10. The van der Waals surface area contributed by atoms with Gasteiger partial charge in [0.05, 0.1) is 13.2 Å². The van der Waals surface area contributed by atoms with Crippen molar-refractivity contribution < 1.29 is 91.2 Å². The quantitative estimate of drug-likeness (QED) is 0.111. The third-order valence-corrected chi connectivity index (χ3v) is 6.33. The van der Waals surface area contributed by atoms with Gasteiger partial charge in [-0.25, -0.2) is 16.7 Å². The molecule has 2 fully saturated rings. The molecule has 23 heteroatoms. The first-order chi connectivity index (χ1) is 15.8. The predicted molar refractivity (Wildman–Crippen MR) is 99.5 cm³/mol. The first-order valence-corrected chi connectivity index (χ1v) is 13.1. The molecule has 0 spiro atoms. The van der Waals surface area contributed by atoms with Crippen molar-refractivity contribution in [2.24, 2.45) is 0 Å². The summed E-state index contributed by atoms with van der Waals surface area (Å²) < 4.78 is 111. The van der Waals surface area contributed by atoms with E-state index in [1.807, 2.05) is 0 Å². The minimum Gasteiger partial charge on any atom is -0.394 e. The van der Waals surface area contributed by atoms with Crippen molar-refractivity contribution in [3.63, 3.8) is 0 Å². The third-order valence-electron chi connectivity index (χ3n) is 4.54. The maximum absolute atomic E-state index is 12.3. The highest BCUT2D eigenvalue weighted by Gasteiger charge is 2.52. The zero-order valence-electron chi connectivity index (χ0n) is 16.9. The first kappa shape index (κ1) is 30.5. The standard InChI is InChI=1S/C12H22O20S3/c13-1-3-5(14)8(17)10(12(29-3)32-34(22,23)24)31-35(25,26)30-9-7(16)6(15)4(28-11(9)18)2-27-33(19,20)21/h3-18H,1-2H2,(H,19,20,21)(H,22,23,24)/t3-,4-,5+,6+,7+,8+,9-,10-,11+,12+/m1/s1. The van der Waals surface area contributed by atoms with E-state index < -0.39 is 106 Å². The molecule has 208 valence electrons. The minimum absolute atomic E-state index is 1.03. The van der Waals surface area contributed by atoms with Gasteiger partial charge in [-0.15, -0.1) is 0 Å². The van der Waals surface area contributed by atoms with Crippen LogP contribution in [0.3, 0.4) is 0 Å². The Morgan fingerprint density at radius 1 is 0.657 bits per heavy atom. The van der Waals surface area contributed by atoms with Crippen LogP contribution < -0.4 is 0 Å².